The van der Waals surface area contributed by atoms with Crippen LogP contribution in [0.1, 0.15) is 6.42 Å². The van der Waals surface area contributed by atoms with Crippen LogP contribution in [0.3, 0.4) is 0 Å². The number of carbonyl (C=O) groups excluding carboxylic acids is 2. The second-order valence-corrected chi connectivity index (χ2v) is 4.64. The first-order valence-electron chi connectivity index (χ1n) is 6.98. The fraction of sp³-hybridized carbons (Fsp3) is 0.0526. The van der Waals surface area contributed by atoms with E-state index < -0.39 is 5.97 Å². The van der Waals surface area contributed by atoms with E-state index >= 15 is 0 Å². The summed E-state index contributed by atoms with van der Waals surface area (Å²) < 4.78 is 10.2. The van der Waals surface area contributed by atoms with E-state index in [1.54, 1.807) is 24.3 Å². The molecule has 116 valence electrons. The maximum absolute atomic E-state index is 11.4. The van der Waals surface area contributed by atoms with Crippen LogP contribution in [0.5, 0.6) is 11.5 Å². The standard InChI is InChI=1S/C19H16O4/c1-3-5-19(21)23-17-12-8-15(9-13-17)14-6-10-16(11-7-14)22-18(20)4-2/h3-4,6-13H,1-2,5H2. The summed E-state index contributed by atoms with van der Waals surface area (Å²) in [5.74, 6) is 0.0929. The highest BCUT2D eigenvalue weighted by molar-refractivity contribution is 5.83. The summed E-state index contributed by atoms with van der Waals surface area (Å²) in [5.41, 5.74) is 1.91. The van der Waals surface area contributed by atoms with E-state index in [2.05, 4.69) is 13.2 Å². The van der Waals surface area contributed by atoms with Gasteiger partial charge in [0.05, 0.1) is 6.42 Å². The number of hydrogen-bond donors (Lipinski definition) is 0. The molecule has 0 saturated carbocycles. The number of rotatable bonds is 6. The Morgan fingerprint density at radius 3 is 1.74 bits per heavy atom. The van der Waals surface area contributed by atoms with Gasteiger partial charge >= 0.3 is 11.9 Å². The summed E-state index contributed by atoms with van der Waals surface area (Å²) in [6.45, 7) is 6.84. The number of carbonyl (C=O) groups is 2. The van der Waals surface area contributed by atoms with Crippen molar-refractivity contribution in [3.63, 3.8) is 0 Å². The molecule has 0 fully saturated rings. The minimum atomic E-state index is -0.497. The Bertz CT molecular complexity index is 712. The van der Waals surface area contributed by atoms with Gasteiger partial charge in [-0.15, -0.1) is 6.58 Å². The van der Waals surface area contributed by atoms with Crippen LogP contribution in [0.2, 0.25) is 0 Å². The molecule has 0 aliphatic carbocycles. The van der Waals surface area contributed by atoms with E-state index in [-0.39, 0.29) is 12.4 Å². The first kappa shape index (κ1) is 16.2. The molecule has 0 atom stereocenters. The Labute approximate surface area is 134 Å². The molecule has 0 aliphatic heterocycles. The summed E-state index contributed by atoms with van der Waals surface area (Å²) in [6, 6.07) is 14.2. The first-order chi connectivity index (χ1) is 11.1. The lowest BCUT2D eigenvalue weighted by Gasteiger charge is -2.06. The monoisotopic (exact) mass is 308 g/mol. The van der Waals surface area contributed by atoms with E-state index in [0.29, 0.717) is 11.5 Å². The molecule has 0 amide bonds. The Morgan fingerprint density at radius 2 is 1.30 bits per heavy atom. The Kier molecular flexibility index (Phi) is 5.47. The molecule has 23 heavy (non-hydrogen) atoms. The normalized spacial score (nSPS) is 9.74. The molecule has 0 saturated heterocycles. The van der Waals surface area contributed by atoms with Gasteiger partial charge in [0.25, 0.3) is 0 Å². The molecule has 0 unspecified atom stereocenters. The molecule has 0 aromatic heterocycles. The molecular formula is C19H16O4. The van der Waals surface area contributed by atoms with Gasteiger partial charge in [-0.3, -0.25) is 4.79 Å². The number of ether oxygens (including phenoxy) is 2. The highest BCUT2D eigenvalue weighted by atomic mass is 16.5. The van der Waals surface area contributed by atoms with Gasteiger partial charge in [-0.2, -0.15) is 0 Å². The van der Waals surface area contributed by atoms with Gasteiger partial charge in [-0.05, 0) is 35.4 Å². The molecule has 0 aliphatic rings. The molecule has 4 nitrogen and oxygen atoms in total. The molecule has 2 aromatic rings. The fourth-order valence-electron chi connectivity index (χ4n) is 1.88. The zero-order valence-electron chi connectivity index (χ0n) is 12.5. The zero-order chi connectivity index (χ0) is 16.7. The highest BCUT2D eigenvalue weighted by Gasteiger charge is 2.04. The molecule has 0 radical (unpaired) electrons. The minimum absolute atomic E-state index is 0.173. The van der Waals surface area contributed by atoms with Gasteiger partial charge in [0, 0.05) is 6.08 Å². The third-order valence-corrected chi connectivity index (χ3v) is 2.97. The molecule has 0 N–H and O–H groups in total. The average Bonchev–Trinajstić information content (AvgIpc) is 2.56. The van der Waals surface area contributed by atoms with Gasteiger partial charge < -0.3 is 9.47 Å². The number of esters is 2. The topological polar surface area (TPSA) is 52.6 Å². The maximum Gasteiger partial charge on any atom is 0.335 e. The highest BCUT2D eigenvalue weighted by Crippen LogP contribution is 2.24. The van der Waals surface area contributed by atoms with Crippen LogP contribution in [0.25, 0.3) is 11.1 Å². The minimum Gasteiger partial charge on any atom is -0.426 e. The van der Waals surface area contributed by atoms with Gasteiger partial charge in [-0.1, -0.05) is 36.9 Å². The van der Waals surface area contributed by atoms with Crippen molar-refractivity contribution in [1.29, 1.82) is 0 Å². The predicted molar refractivity (Wildman–Crippen MR) is 88.2 cm³/mol. The van der Waals surface area contributed by atoms with Crippen LogP contribution >= 0.6 is 0 Å². The smallest absolute Gasteiger partial charge is 0.335 e. The summed E-state index contributed by atoms with van der Waals surface area (Å²) in [6.07, 6.45) is 2.78. The van der Waals surface area contributed by atoms with Gasteiger partial charge in [0.1, 0.15) is 11.5 Å². The van der Waals surface area contributed by atoms with Crippen molar-refractivity contribution >= 4 is 11.9 Å². The van der Waals surface area contributed by atoms with E-state index in [1.165, 1.54) is 6.08 Å². The molecule has 0 bridgehead atoms. The molecule has 4 heteroatoms. The van der Waals surface area contributed by atoms with Crippen molar-refractivity contribution in [2.24, 2.45) is 0 Å². The predicted octanol–water partition coefficient (Wildman–Crippen LogP) is 3.93. The van der Waals surface area contributed by atoms with Crippen molar-refractivity contribution in [1.82, 2.24) is 0 Å². The van der Waals surface area contributed by atoms with E-state index in [1.807, 2.05) is 24.3 Å². The van der Waals surface area contributed by atoms with Crippen LogP contribution in [0.4, 0.5) is 0 Å². The average molecular weight is 308 g/mol. The van der Waals surface area contributed by atoms with E-state index in [4.69, 9.17) is 9.47 Å². The summed E-state index contributed by atoms with van der Waals surface area (Å²) >= 11 is 0. The summed E-state index contributed by atoms with van der Waals surface area (Å²) in [7, 11) is 0. The SMILES string of the molecule is C=CCC(=O)Oc1ccc(-c2ccc(OC(=O)C=C)cc2)cc1. The number of benzene rings is 2. The second-order valence-electron chi connectivity index (χ2n) is 4.64. The van der Waals surface area contributed by atoms with Crippen molar-refractivity contribution in [2.45, 2.75) is 6.42 Å². The quantitative estimate of drug-likeness (QED) is 0.351. The van der Waals surface area contributed by atoms with Crippen LogP contribution in [0, 0.1) is 0 Å². The Balaban J connectivity index is 2.07. The lowest BCUT2D eigenvalue weighted by atomic mass is 10.1. The zero-order valence-corrected chi connectivity index (χ0v) is 12.5. The van der Waals surface area contributed by atoms with Crippen molar-refractivity contribution < 1.29 is 19.1 Å². The van der Waals surface area contributed by atoms with Gasteiger partial charge in [-0.25, -0.2) is 4.79 Å². The first-order valence-corrected chi connectivity index (χ1v) is 6.98. The lowest BCUT2D eigenvalue weighted by molar-refractivity contribution is -0.133. The molecule has 2 aromatic carbocycles. The maximum atomic E-state index is 11.4. The van der Waals surface area contributed by atoms with Gasteiger partial charge in [0.2, 0.25) is 0 Å². The third-order valence-electron chi connectivity index (χ3n) is 2.97. The van der Waals surface area contributed by atoms with Crippen molar-refractivity contribution in [3.8, 4) is 22.6 Å². The largest absolute Gasteiger partial charge is 0.426 e. The Morgan fingerprint density at radius 1 is 0.826 bits per heavy atom. The lowest BCUT2D eigenvalue weighted by Crippen LogP contribution is -2.05. The van der Waals surface area contributed by atoms with Crippen LogP contribution < -0.4 is 9.47 Å². The Hall–Kier alpha value is -3.14. The van der Waals surface area contributed by atoms with E-state index in [9.17, 15) is 9.59 Å². The molecule has 0 spiro atoms. The van der Waals surface area contributed by atoms with Crippen molar-refractivity contribution in [3.05, 3.63) is 73.8 Å². The second kappa shape index (κ2) is 7.75. The van der Waals surface area contributed by atoms with Crippen LogP contribution in [0.15, 0.2) is 73.8 Å². The van der Waals surface area contributed by atoms with Crippen molar-refractivity contribution in [2.75, 3.05) is 0 Å². The van der Waals surface area contributed by atoms with Gasteiger partial charge in [0.15, 0.2) is 0 Å². The van der Waals surface area contributed by atoms with E-state index in [0.717, 1.165) is 17.2 Å². The summed E-state index contributed by atoms with van der Waals surface area (Å²) in [5, 5.41) is 0. The summed E-state index contributed by atoms with van der Waals surface area (Å²) in [4.78, 5) is 22.5. The van der Waals surface area contributed by atoms with Crippen LogP contribution in [-0.2, 0) is 9.59 Å². The van der Waals surface area contributed by atoms with Crippen LogP contribution in [-0.4, -0.2) is 11.9 Å². The fourth-order valence-corrected chi connectivity index (χ4v) is 1.88. The third kappa shape index (κ3) is 4.68. The molecular weight excluding hydrogens is 292 g/mol. The molecule has 2 rings (SSSR count). The molecule has 0 heterocycles. The number of hydrogen-bond acceptors (Lipinski definition) is 4.